The zero-order valence-electron chi connectivity index (χ0n) is 17.0. The van der Waals surface area contributed by atoms with Gasteiger partial charge in [0.05, 0.1) is 7.11 Å². The molecule has 0 fully saturated rings. The minimum absolute atomic E-state index is 0.0489. The Balaban J connectivity index is 2.51. The van der Waals surface area contributed by atoms with E-state index < -0.39 is 0 Å². The summed E-state index contributed by atoms with van der Waals surface area (Å²) in [6.07, 6.45) is 0.808. The molecule has 0 heterocycles. The molecule has 146 valence electrons. The number of rotatable bonds is 8. The van der Waals surface area contributed by atoms with E-state index in [4.69, 9.17) is 4.74 Å². The second kappa shape index (κ2) is 10.7. The van der Waals surface area contributed by atoms with Gasteiger partial charge in [-0.2, -0.15) is 0 Å². The topological polar surface area (TPSA) is 74.8 Å². The fraction of sp³-hybridized carbons (Fsp3) is 0.600. The van der Waals surface area contributed by atoms with Crippen molar-refractivity contribution in [3.05, 3.63) is 29.3 Å². The van der Waals surface area contributed by atoms with Gasteiger partial charge in [-0.3, -0.25) is 9.79 Å². The fourth-order valence-corrected chi connectivity index (χ4v) is 2.35. The van der Waals surface area contributed by atoms with Gasteiger partial charge in [-0.15, -0.1) is 0 Å². The summed E-state index contributed by atoms with van der Waals surface area (Å²) in [6.45, 7) is 12.4. The number of hydrogen-bond donors (Lipinski definition) is 3. The third kappa shape index (κ3) is 7.76. The Hall–Kier alpha value is -2.24. The molecule has 0 aliphatic carbocycles. The molecule has 0 unspecified atom stereocenters. The van der Waals surface area contributed by atoms with Crippen molar-refractivity contribution in [2.45, 2.75) is 41.0 Å². The molecule has 0 aliphatic heterocycles. The molecule has 0 bridgehead atoms. The van der Waals surface area contributed by atoms with Crippen LogP contribution < -0.4 is 20.7 Å². The summed E-state index contributed by atoms with van der Waals surface area (Å²) in [5, 5.41) is 9.39. The van der Waals surface area contributed by atoms with Gasteiger partial charge in [0.2, 0.25) is 5.91 Å². The monoisotopic (exact) mass is 362 g/mol. The van der Waals surface area contributed by atoms with Gasteiger partial charge in [0, 0.05) is 31.6 Å². The maximum Gasteiger partial charge on any atom is 0.225 e. The summed E-state index contributed by atoms with van der Waals surface area (Å²) < 4.78 is 5.41. The van der Waals surface area contributed by atoms with Gasteiger partial charge in [0.1, 0.15) is 5.75 Å². The third-order valence-corrected chi connectivity index (χ3v) is 3.82. The lowest BCUT2D eigenvalue weighted by atomic mass is 9.96. The number of benzene rings is 1. The third-order valence-electron chi connectivity index (χ3n) is 3.82. The predicted molar refractivity (Wildman–Crippen MR) is 108 cm³/mol. The quantitative estimate of drug-likeness (QED) is 0.377. The minimum atomic E-state index is -0.370. The van der Waals surface area contributed by atoms with Crippen LogP contribution in [0.2, 0.25) is 0 Å². The highest BCUT2D eigenvalue weighted by molar-refractivity contribution is 5.81. The van der Waals surface area contributed by atoms with E-state index in [1.54, 1.807) is 7.11 Å². The number of aliphatic imine (C=N–C) groups is 1. The average molecular weight is 363 g/mol. The van der Waals surface area contributed by atoms with Crippen LogP contribution in [-0.2, 0) is 11.2 Å². The van der Waals surface area contributed by atoms with Crippen LogP contribution in [0.5, 0.6) is 5.75 Å². The molecule has 0 spiro atoms. The maximum atomic E-state index is 11.9. The first-order valence-electron chi connectivity index (χ1n) is 9.22. The van der Waals surface area contributed by atoms with Crippen LogP contribution in [0, 0.1) is 12.3 Å². The number of carbonyl (C=O) groups excluding carboxylic acids is 1. The highest BCUT2D eigenvalue weighted by atomic mass is 16.5. The molecular weight excluding hydrogens is 328 g/mol. The number of guanidine groups is 1. The standard InChI is InChI=1S/C20H34N4O2/c1-7-21-19(24-13-12-22-18(25)20(3,4)5)23-11-10-16-14-15(2)8-9-17(16)26-6/h8-9,14H,7,10-13H2,1-6H3,(H,22,25)(H2,21,23,24). The van der Waals surface area contributed by atoms with Crippen LogP contribution in [-0.4, -0.2) is 45.2 Å². The SMILES string of the molecule is CCNC(=NCCc1cc(C)ccc1OC)NCCNC(=O)C(C)(C)C. The number of nitrogens with one attached hydrogen (secondary N) is 3. The summed E-state index contributed by atoms with van der Waals surface area (Å²) >= 11 is 0. The Morgan fingerprint density at radius 2 is 1.85 bits per heavy atom. The zero-order valence-corrected chi connectivity index (χ0v) is 17.0. The van der Waals surface area contributed by atoms with Crippen LogP contribution >= 0.6 is 0 Å². The van der Waals surface area contributed by atoms with E-state index in [0.29, 0.717) is 19.6 Å². The molecule has 1 amide bonds. The largest absolute Gasteiger partial charge is 0.496 e. The van der Waals surface area contributed by atoms with Crippen molar-refractivity contribution in [1.29, 1.82) is 0 Å². The highest BCUT2D eigenvalue weighted by Crippen LogP contribution is 2.20. The number of ether oxygens (including phenoxy) is 1. The lowest BCUT2D eigenvalue weighted by molar-refractivity contribution is -0.128. The van der Waals surface area contributed by atoms with E-state index in [1.165, 1.54) is 5.56 Å². The number of methoxy groups -OCH3 is 1. The van der Waals surface area contributed by atoms with Crippen molar-refractivity contribution in [3.8, 4) is 5.75 Å². The maximum absolute atomic E-state index is 11.9. The summed E-state index contributed by atoms with van der Waals surface area (Å²) in [5.41, 5.74) is 2.00. The number of carbonyl (C=O) groups is 1. The van der Waals surface area contributed by atoms with Gasteiger partial charge in [-0.1, -0.05) is 38.5 Å². The number of hydrogen-bond acceptors (Lipinski definition) is 3. The van der Waals surface area contributed by atoms with Gasteiger partial charge in [-0.05, 0) is 31.9 Å². The van der Waals surface area contributed by atoms with E-state index in [2.05, 4.69) is 33.9 Å². The molecule has 0 saturated carbocycles. The second-order valence-corrected chi connectivity index (χ2v) is 7.26. The first kappa shape index (κ1) is 21.8. The molecule has 1 rings (SSSR count). The van der Waals surface area contributed by atoms with E-state index in [1.807, 2.05) is 39.8 Å². The highest BCUT2D eigenvalue weighted by Gasteiger charge is 2.20. The number of nitrogens with zero attached hydrogens (tertiary/aromatic N) is 1. The molecule has 0 atom stereocenters. The zero-order chi connectivity index (χ0) is 19.6. The molecular formula is C20H34N4O2. The van der Waals surface area contributed by atoms with E-state index in [0.717, 1.165) is 30.2 Å². The fourth-order valence-electron chi connectivity index (χ4n) is 2.35. The summed E-state index contributed by atoms with van der Waals surface area (Å²) in [6, 6.07) is 6.18. The summed E-state index contributed by atoms with van der Waals surface area (Å²) in [7, 11) is 1.69. The van der Waals surface area contributed by atoms with E-state index in [9.17, 15) is 4.79 Å². The molecule has 26 heavy (non-hydrogen) atoms. The van der Waals surface area contributed by atoms with Crippen molar-refractivity contribution in [1.82, 2.24) is 16.0 Å². The van der Waals surface area contributed by atoms with Gasteiger partial charge in [0.15, 0.2) is 5.96 Å². The number of aryl methyl sites for hydroxylation is 1. The van der Waals surface area contributed by atoms with Crippen molar-refractivity contribution in [2.24, 2.45) is 10.4 Å². The molecule has 3 N–H and O–H groups in total. The first-order valence-corrected chi connectivity index (χ1v) is 9.22. The molecule has 6 heteroatoms. The Kier molecular flexibility index (Phi) is 8.96. The van der Waals surface area contributed by atoms with Crippen LogP contribution in [0.15, 0.2) is 23.2 Å². The predicted octanol–water partition coefficient (Wildman–Crippen LogP) is 2.26. The Morgan fingerprint density at radius 1 is 1.15 bits per heavy atom. The molecule has 0 saturated heterocycles. The van der Waals surface area contributed by atoms with Gasteiger partial charge in [-0.25, -0.2) is 0 Å². The summed E-state index contributed by atoms with van der Waals surface area (Å²) in [5.74, 6) is 1.70. The number of amides is 1. The molecule has 1 aromatic carbocycles. The van der Waals surface area contributed by atoms with Gasteiger partial charge in [0.25, 0.3) is 0 Å². The minimum Gasteiger partial charge on any atom is -0.496 e. The lowest BCUT2D eigenvalue weighted by Gasteiger charge is -2.18. The van der Waals surface area contributed by atoms with Crippen LogP contribution in [0.1, 0.15) is 38.8 Å². The van der Waals surface area contributed by atoms with E-state index in [-0.39, 0.29) is 11.3 Å². The Morgan fingerprint density at radius 3 is 2.46 bits per heavy atom. The lowest BCUT2D eigenvalue weighted by Crippen LogP contribution is -2.43. The van der Waals surface area contributed by atoms with Crippen LogP contribution in [0.3, 0.4) is 0 Å². The second-order valence-electron chi connectivity index (χ2n) is 7.26. The first-order chi connectivity index (χ1) is 12.3. The van der Waals surface area contributed by atoms with Gasteiger partial charge < -0.3 is 20.7 Å². The van der Waals surface area contributed by atoms with E-state index >= 15 is 0 Å². The van der Waals surface area contributed by atoms with Crippen molar-refractivity contribution in [3.63, 3.8) is 0 Å². The van der Waals surface area contributed by atoms with Crippen molar-refractivity contribution >= 4 is 11.9 Å². The average Bonchev–Trinajstić information content (AvgIpc) is 2.57. The van der Waals surface area contributed by atoms with Crippen molar-refractivity contribution < 1.29 is 9.53 Å². The van der Waals surface area contributed by atoms with Crippen LogP contribution in [0.25, 0.3) is 0 Å². The Labute approximate surface area is 157 Å². The van der Waals surface area contributed by atoms with Crippen LogP contribution in [0.4, 0.5) is 0 Å². The smallest absolute Gasteiger partial charge is 0.225 e. The molecule has 1 aromatic rings. The molecule has 0 radical (unpaired) electrons. The molecule has 6 nitrogen and oxygen atoms in total. The summed E-state index contributed by atoms with van der Waals surface area (Å²) in [4.78, 5) is 16.5. The molecule has 0 aromatic heterocycles. The van der Waals surface area contributed by atoms with Gasteiger partial charge >= 0.3 is 0 Å². The Bertz CT molecular complexity index is 606. The normalized spacial score (nSPS) is 11.8. The van der Waals surface area contributed by atoms with Crippen molar-refractivity contribution in [2.75, 3.05) is 33.3 Å². The molecule has 0 aliphatic rings.